The molecular weight excluding hydrogens is 184 g/mol. The normalized spacial score (nSPS) is 43.2. The molecule has 2 aliphatic carbocycles. The fourth-order valence-electron chi connectivity index (χ4n) is 2.53. The topological polar surface area (TPSA) is 34.1 Å². The van der Waals surface area contributed by atoms with Gasteiger partial charge in [0.2, 0.25) is 9.05 Å². The molecule has 0 aromatic rings. The van der Waals surface area contributed by atoms with Gasteiger partial charge < -0.3 is 0 Å². The van der Waals surface area contributed by atoms with Crippen molar-refractivity contribution in [2.45, 2.75) is 30.9 Å². The highest BCUT2D eigenvalue weighted by Gasteiger charge is 2.45. The van der Waals surface area contributed by atoms with Crippen molar-refractivity contribution in [2.24, 2.45) is 11.8 Å². The molecule has 0 N–H and O–H groups in total. The summed E-state index contributed by atoms with van der Waals surface area (Å²) in [5, 5.41) is -0.220. The minimum absolute atomic E-state index is 0.220. The van der Waals surface area contributed by atoms with Gasteiger partial charge in [-0.1, -0.05) is 6.42 Å². The Bertz CT molecular complexity index is 260. The molecule has 0 unspecified atom stereocenters. The smallest absolute Gasteiger partial charge is 0.212 e. The molecule has 4 heteroatoms. The first-order valence-electron chi connectivity index (χ1n) is 4.01. The molecule has 11 heavy (non-hydrogen) atoms. The zero-order valence-electron chi connectivity index (χ0n) is 6.16. The van der Waals surface area contributed by atoms with E-state index in [0.29, 0.717) is 11.8 Å². The van der Waals surface area contributed by atoms with Gasteiger partial charge in [0.05, 0.1) is 5.25 Å². The molecule has 2 fully saturated rings. The van der Waals surface area contributed by atoms with Gasteiger partial charge in [-0.2, -0.15) is 0 Å². The van der Waals surface area contributed by atoms with E-state index < -0.39 is 9.05 Å². The molecule has 2 bridgehead atoms. The van der Waals surface area contributed by atoms with Crippen LogP contribution in [0.2, 0.25) is 0 Å². The molecular formula is C7H11ClO2S. The van der Waals surface area contributed by atoms with Crippen molar-refractivity contribution < 1.29 is 8.42 Å². The highest BCUT2D eigenvalue weighted by atomic mass is 35.7. The average Bonchev–Trinajstić information content (AvgIpc) is 2.42. The summed E-state index contributed by atoms with van der Waals surface area (Å²) in [7, 11) is 2.04. The van der Waals surface area contributed by atoms with E-state index in [4.69, 9.17) is 10.7 Å². The molecule has 0 saturated heterocycles. The lowest BCUT2D eigenvalue weighted by Gasteiger charge is -2.17. The highest BCUT2D eigenvalue weighted by molar-refractivity contribution is 8.14. The maximum Gasteiger partial charge on any atom is 0.235 e. The fourth-order valence-corrected chi connectivity index (χ4v) is 4.39. The highest BCUT2D eigenvalue weighted by Crippen LogP contribution is 2.48. The van der Waals surface area contributed by atoms with Crippen LogP contribution in [0, 0.1) is 11.8 Å². The minimum atomic E-state index is -3.26. The largest absolute Gasteiger partial charge is 0.235 e. The second kappa shape index (κ2) is 2.36. The molecule has 0 spiro atoms. The van der Waals surface area contributed by atoms with Crippen molar-refractivity contribution in [1.29, 1.82) is 0 Å². The number of hydrogen-bond acceptors (Lipinski definition) is 2. The van der Waals surface area contributed by atoms with Gasteiger partial charge in [0.1, 0.15) is 0 Å². The Morgan fingerprint density at radius 2 is 1.91 bits per heavy atom. The summed E-state index contributed by atoms with van der Waals surface area (Å²) in [5.41, 5.74) is 0. The third-order valence-corrected chi connectivity index (χ3v) is 5.02. The van der Waals surface area contributed by atoms with Gasteiger partial charge in [0.15, 0.2) is 0 Å². The van der Waals surface area contributed by atoms with Gasteiger partial charge in [-0.25, -0.2) is 8.42 Å². The van der Waals surface area contributed by atoms with Gasteiger partial charge in [-0.15, -0.1) is 0 Å². The molecule has 2 saturated carbocycles. The quantitative estimate of drug-likeness (QED) is 0.596. The minimum Gasteiger partial charge on any atom is -0.212 e. The average molecular weight is 195 g/mol. The number of halogens is 1. The molecule has 0 radical (unpaired) electrons. The van der Waals surface area contributed by atoms with Crippen molar-refractivity contribution in [3.63, 3.8) is 0 Å². The summed E-state index contributed by atoms with van der Waals surface area (Å²) >= 11 is 0. The second-order valence-electron chi connectivity index (χ2n) is 3.69. The predicted molar refractivity (Wildman–Crippen MR) is 44.0 cm³/mol. The van der Waals surface area contributed by atoms with Gasteiger partial charge in [0.25, 0.3) is 0 Å². The molecule has 0 aromatic carbocycles. The maximum absolute atomic E-state index is 11.0. The number of hydrogen-bond donors (Lipinski definition) is 0. The van der Waals surface area contributed by atoms with Crippen LogP contribution < -0.4 is 0 Å². The van der Waals surface area contributed by atoms with Crippen molar-refractivity contribution in [3.05, 3.63) is 0 Å². The lowest BCUT2D eigenvalue weighted by Crippen LogP contribution is -2.22. The standard InChI is InChI=1S/C7H11ClO2S/c8-11(9,10)7-4-5-1-2-6(7)3-5/h5-7H,1-4H2/t5-,6+,7+/m0/s1. The van der Waals surface area contributed by atoms with Crippen molar-refractivity contribution in [3.8, 4) is 0 Å². The van der Waals surface area contributed by atoms with Crippen LogP contribution in [-0.4, -0.2) is 13.7 Å². The van der Waals surface area contributed by atoms with Crippen LogP contribution in [0.4, 0.5) is 0 Å². The van der Waals surface area contributed by atoms with Crippen molar-refractivity contribution in [2.75, 3.05) is 0 Å². The zero-order valence-corrected chi connectivity index (χ0v) is 7.74. The van der Waals surface area contributed by atoms with Crippen LogP contribution in [0.15, 0.2) is 0 Å². The number of fused-ring (bicyclic) bond motifs is 2. The molecule has 0 aromatic heterocycles. The van der Waals surface area contributed by atoms with E-state index in [1.54, 1.807) is 0 Å². The third-order valence-electron chi connectivity index (χ3n) is 3.03. The zero-order chi connectivity index (χ0) is 8.06. The first kappa shape index (κ1) is 7.87. The number of rotatable bonds is 1. The maximum atomic E-state index is 11.0. The van der Waals surface area contributed by atoms with E-state index in [9.17, 15) is 8.42 Å². The lowest BCUT2D eigenvalue weighted by atomic mass is 10.0. The van der Waals surface area contributed by atoms with Crippen molar-refractivity contribution in [1.82, 2.24) is 0 Å². The summed E-state index contributed by atoms with van der Waals surface area (Å²) in [6, 6.07) is 0. The van der Waals surface area contributed by atoms with E-state index in [0.717, 1.165) is 19.3 Å². The van der Waals surface area contributed by atoms with Crippen LogP contribution in [0.3, 0.4) is 0 Å². The molecule has 2 nitrogen and oxygen atoms in total. The molecule has 0 aliphatic heterocycles. The second-order valence-corrected chi connectivity index (χ2v) is 6.54. The van der Waals surface area contributed by atoms with Gasteiger partial charge in [-0.05, 0) is 31.1 Å². The Balaban J connectivity index is 2.21. The van der Waals surface area contributed by atoms with Crippen LogP contribution in [0.1, 0.15) is 25.7 Å². The molecule has 2 rings (SSSR count). The SMILES string of the molecule is O=S(=O)(Cl)[C@@H]1C[C@H]2CC[C@@H]1C2. The monoisotopic (exact) mass is 194 g/mol. The Hall–Kier alpha value is 0.240. The van der Waals surface area contributed by atoms with Gasteiger partial charge in [0, 0.05) is 10.7 Å². The molecule has 3 atom stereocenters. The predicted octanol–water partition coefficient (Wildman–Crippen LogP) is 1.74. The van der Waals surface area contributed by atoms with E-state index in [1.807, 2.05) is 0 Å². The van der Waals surface area contributed by atoms with E-state index >= 15 is 0 Å². The molecule has 0 amide bonds. The van der Waals surface area contributed by atoms with Crippen LogP contribution in [0.5, 0.6) is 0 Å². The van der Waals surface area contributed by atoms with E-state index in [1.165, 1.54) is 6.42 Å². The third kappa shape index (κ3) is 1.29. The Labute approximate surface area is 71.3 Å². The summed E-state index contributed by atoms with van der Waals surface area (Å²) in [4.78, 5) is 0. The fraction of sp³-hybridized carbons (Fsp3) is 1.00. The summed E-state index contributed by atoms with van der Waals surface area (Å²) in [6.45, 7) is 0. The van der Waals surface area contributed by atoms with Crippen LogP contribution >= 0.6 is 10.7 Å². The first-order valence-corrected chi connectivity index (χ1v) is 6.38. The van der Waals surface area contributed by atoms with Gasteiger partial charge in [-0.3, -0.25) is 0 Å². The van der Waals surface area contributed by atoms with E-state index in [-0.39, 0.29) is 5.25 Å². The molecule has 2 aliphatic rings. The van der Waals surface area contributed by atoms with Crippen LogP contribution in [0.25, 0.3) is 0 Å². The molecule has 64 valence electrons. The Morgan fingerprint density at radius 3 is 2.18 bits per heavy atom. The Kier molecular flexibility index (Phi) is 1.69. The van der Waals surface area contributed by atoms with Crippen LogP contribution in [-0.2, 0) is 9.05 Å². The Morgan fingerprint density at radius 1 is 1.18 bits per heavy atom. The summed E-state index contributed by atoms with van der Waals surface area (Å²) in [6.07, 6.45) is 4.20. The first-order chi connectivity index (χ1) is 5.07. The van der Waals surface area contributed by atoms with Crippen molar-refractivity contribution >= 4 is 19.7 Å². The summed E-state index contributed by atoms with van der Waals surface area (Å²) < 4.78 is 22.0. The van der Waals surface area contributed by atoms with E-state index in [2.05, 4.69) is 0 Å². The molecule has 0 heterocycles. The van der Waals surface area contributed by atoms with Gasteiger partial charge >= 0.3 is 0 Å². The lowest BCUT2D eigenvalue weighted by molar-refractivity contribution is 0.470. The summed E-state index contributed by atoms with van der Waals surface area (Å²) in [5.74, 6) is 1.03.